The van der Waals surface area contributed by atoms with Crippen LogP contribution in [0.25, 0.3) is 5.52 Å². The van der Waals surface area contributed by atoms with Crippen LogP contribution in [0.2, 0.25) is 5.02 Å². The minimum absolute atomic E-state index is 0. The first-order valence-electron chi connectivity index (χ1n) is 7.15. The van der Waals surface area contributed by atoms with Gasteiger partial charge in [0.25, 0.3) is 0 Å². The van der Waals surface area contributed by atoms with Gasteiger partial charge in [0.05, 0.1) is 28.3 Å². The van der Waals surface area contributed by atoms with E-state index in [1.807, 2.05) is 11.8 Å². The van der Waals surface area contributed by atoms with E-state index in [1.165, 1.54) is 6.20 Å². The third kappa shape index (κ3) is 3.17. The lowest BCUT2D eigenvalue weighted by molar-refractivity contribution is 0.585. The Morgan fingerprint density at radius 3 is 2.58 bits per heavy atom. The number of anilines is 1. The van der Waals surface area contributed by atoms with E-state index in [0.717, 1.165) is 5.56 Å². The second-order valence-corrected chi connectivity index (χ2v) is 8.34. The molecule has 0 saturated carbocycles. The zero-order chi connectivity index (χ0) is 16.8. The van der Waals surface area contributed by atoms with Crippen LogP contribution in [0.4, 0.5) is 5.82 Å². The van der Waals surface area contributed by atoms with E-state index in [9.17, 15) is 13.7 Å². The van der Waals surface area contributed by atoms with Crippen LogP contribution >= 0.6 is 24.0 Å². The number of nitriles is 1. The lowest BCUT2D eigenvalue weighted by Gasteiger charge is -2.31. The first kappa shape index (κ1) is 18.8. The molecule has 2 aromatic rings. The van der Waals surface area contributed by atoms with Crippen LogP contribution in [-0.4, -0.2) is 42.6 Å². The summed E-state index contributed by atoms with van der Waals surface area (Å²) in [6, 6.07) is 3.50. The maximum atomic E-state index is 11.7. The summed E-state index contributed by atoms with van der Waals surface area (Å²) < 4.78 is 24.9. The number of rotatable bonds is 2. The molecule has 7 nitrogen and oxygen atoms in total. The fraction of sp³-hybridized carbons (Fsp3) is 0.429. The van der Waals surface area contributed by atoms with Gasteiger partial charge < -0.3 is 10.6 Å². The highest BCUT2D eigenvalue weighted by Gasteiger charge is 2.27. The van der Waals surface area contributed by atoms with Crippen molar-refractivity contribution >= 4 is 45.2 Å². The van der Waals surface area contributed by atoms with E-state index in [0.29, 0.717) is 35.0 Å². The lowest BCUT2D eigenvalue weighted by atomic mass is 10.1. The number of aromatic nitrogens is 2. The summed E-state index contributed by atoms with van der Waals surface area (Å²) in [6.45, 7) is 2.55. The van der Waals surface area contributed by atoms with Gasteiger partial charge in [-0.2, -0.15) is 10.4 Å². The van der Waals surface area contributed by atoms with Crippen molar-refractivity contribution in [3.05, 3.63) is 28.4 Å². The minimum atomic E-state index is -3.00. The molecule has 1 unspecified atom stereocenters. The molecule has 0 spiro atoms. The van der Waals surface area contributed by atoms with Gasteiger partial charge in [-0.3, -0.25) is 0 Å². The molecule has 2 aromatic heterocycles. The maximum absolute atomic E-state index is 11.7. The predicted molar refractivity (Wildman–Crippen MR) is 95.6 cm³/mol. The van der Waals surface area contributed by atoms with Crippen molar-refractivity contribution in [3.63, 3.8) is 0 Å². The van der Waals surface area contributed by atoms with E-state index < -0.39 is 9.84 Å². The summed E-state index contributed by atoms with van der Waals surface area (Å²) in [6.07, 6.45) is 1.45. The van der Waals surface area contributed by atoms with Gasteiger partial charge in [-0.25, -0.2) is 12.9 Å². The van der Waals surface area contributed by atoms with Gasteiger partial charge in [-0.1, -0.05) is 11.6 Å². The molecule has 0 amide bonds. The van der Waals surface area contributed by atoms with Crippen LogP contribution in [0.15, 0.2) is 12.3 Å². The number of nitrogens with two attached hydrogens (primary N) is 1. The van der Waals surface area contributed by atoms with Crippen molar-refractivity contribution in [1.82, 2.24) is 9.61 Å². The molecule has 24 heavy (non-hydrogen) atoms. The molecule has 0 radical (unpaired) electrons. The number of pyridine rings is 1. The molecule has 1 aliphatic rings. The van der Waals surface area contributed by atoms with Gasteiger partial charge in [0.2, 0.25) is 0 Å². The van der Waals surface area contributed by atoms with Crippen LogP contribution in [-0.2, 0) is 9.84 Å². The minimum Gasteiger partial charge on any atom is -0.354 e. The SMILES string of the molecule is CC(N)c1cc(Cl)c2c(C#N)cnn2c1N1CCS(=O)(=O)CC1.Cl. The number of hydrogen-bond acceptors (Lipinski definition) is 6. The molecule has 1 aliphatic heterocycles. The molecule has 3 heterocycles. The van der Waals surface area contributed by atoms with Crippen LogP contribution < -0.4 is 10.6 Å². The highest BCUT2D eigenvalue weighted by atomic mass is 35.5. The largest absolute Gasteiger partial charge is 0.354 e. The molecule has 1 fully saturated rings. The van der Waals surface area contributed by atoms with Crippen molar-refractivity contribution in [2.24, 2.45) is 5.73 Å². The van der Waals surface area contributed by atoms with Gasteiger partial charge >= 0.3 is 0 Å². The standard InChI is InChI=1S/C14H16ClN5O2S.ClH/c1-9(17)11-6-12(15)13-10(7-16)8-18-20(13)14(11)19-2-4-23(21,22)5-3-19;/h6,8-9H,2-5,17H2,1H3;1H. The van der Waals surface area contributed by atoms with E-state index in [1.54, 1.807) is 10.6 Å². The Hall–Kier alpha value is -1.53. The molecule has 2 N–H and O–H groups in total. The molecule has 10 heteroatoms. The summed E-state index contributed by atoms with van der Waals surface area (Å²) in [5.74, 6) is 0.875. The fourth-order valence-electron chi connectivity index (χ4n) is 2.79. The van der Waals surface area contributed by atoms with Crippen molar-refractivity contribution in [3.8, 4) is 6.07 Å². The Bertz CT molecular complexity index is 903. The number of sulfone groups is 1. The molecule has 0 aromatic carbocycles. The first-order chi connectivity index (χ1) is 10.8. The maximum Gasteiger partial charge on any atom is 0.153 e. The van der Waals surface area contributed by atoms with E-state index in [4.69, 9.17) is 17.3 Å². The number of hydrogen-bond donors (Lipinski definition) is 1. The first-order valence-corrected chi connectivity index (χ1v) is 9.35. The number of nitrogens with zero attached hydrogens (tertiary/aromatic N) is 4. The highest BCUT2D eigenvalue weighted by molar-refractivity contribution is 7.91. The van der Waals surface area contributed by atoms with Crippen LogP contribution in [0.1, 0.15) is 24.1 Å². The molecule has 130 valence electrons. The molecule has 3 rings (SSSR count). The van der Waals surface area contributed by atoms with Gasteiger partial charge in [0.1, 0.15) is 17.4 Å². The number of fused-ring (bicyclic) bond motifs is 1. The molecule has 1 saturated heterocycles. The summed E-state index contributed by atoms with van der Waals surface area (Å²) in [5.41, 5.74) is 7.72. The number of halogens is 2. The molecule has 0 bridgehead atoms. The summed E-state index contributed by atoms with van der Waals surface area (Å²) >= 11 is 6.31. The quantitative estimate of drug-likeness (QED) is 0.834. The van der Waals surface area contributed by atoms with Crippen molar-refractivity contribution in [2.75, 3.05) is 29.5 Å². The normalized spacial score (nSPS) is 18.0. The predicted octanol–water partition coefficient (Wildman–Crippen LogP) is 1.54. The molecule has 0 aliphatic carbocycles. The Kier molecular flexibility index (Phi) is 5.30. The third-order valence-electron chi connectivity index (χ3n) is 3.99. The summed E-state index contributed by atoms with van der Waals surface area (Å²) in [5, 5.41) is 13.9. The van der Waals surface area contributed by atoms with Crippen molar-refractivity contribution < 1.29 is 8.42 Å². The Morgan fingerprint density at radius 1 is 1.42 bits per heavy atom. The third-order valence-corrected chi connectivity index (χ3v) is 5.89. The zero-order valence-electron chi connectivity index (χ0n) is 12.9. The average molecular weight is 390 g/mol. The second kappa shape index (κ2) is 6.76. The summed E-state index contributed by atoms with van der Waals surface area (Å²) in [4.78, 5) is 1.94. The molecule has 1 atom stereocenters. The van der Waals surface area contributed by atoms with Crippen LogP contribution in [0, 0.1) is 11.3 Å². The van der Waals surface area contributed by atoms with Crippen molar-refractivity contribution in [1.29, 1.82) is 5.26 Å². The zero-order valence-corrected chi connectivity index (χ0v) is 15.3. The van der Waals surface area contributed by atoms with Crippen LogP contribution in [0.3, 0.4) is 0 Å². The Labute approximate surface area is 151 Å². The van der Waals surface area contributed by atoms with E-state index in [-0.39, 0.29) is 30.0 Å². The van der Waals surface area contributed by atoms with Crippen molar-refractivity contribution in [2.45, 2.75) is 13.0 Å². The molecular weight excluding hydrogens is 373 g/mol. The lowest BCUT2D eigenvalue weighted by Crippen LogP contribution is -2.42. The monoisotopic (exact) mass is 389 g/mol. The van der Waals surface area contributed by atoms with Gasteiger partial charge in [-0.15, -0.1) is 12.4 Å². The molecular formula is C14H17Cl2N5O2S. The highest BCUT2D eigenvalue weighted by Crippen LogP contribution is 2.33. The fourth-order valence-corrected chi connectivity index (χ4v) is 4.29. The van der Waals surface area contributed by atoms with E-state index >= 15 is 0 Å². The second-order valence-electron chi connectivity index (χ2n) is 5.63. The summed E-state index contributed by atoms with van der Waals surface area (Å²) in [7, 11) is -3.00. The smallest absolute Gasteiger partial charge is 0.153 e. The van der Waals surface area contributed by atoms with Gasteiger partial charge in [0.15, 0.2) is 9.84 Å². The average Bonchev–Trinajstić information content (AvgIpc) is 2.92. The Morgan fingerprint density at radius 2 is 2.04 bits per heavy atom. The van der Waals surface area contributed by atoms with Crippen LogP contribution in [0.5, 0.6) is 0 Å². The van der Waals surface area contributed by atoms with Gasteiger partial charge in [0, 0.05) is 24.7 Å². The van der Waals surface area contributed by atoms with E-state index in [2.05, 4.69) is 11.2 Å². The Balaban J connectivity index is 0.00000208. The topological polar surface area (TPSA) is 104 Å². The van der Waals surface area contributed by atoms with Gasteiger partial charge in [-0.05, 0) is 13.0 Å².